The number of hydrogen-bond donors (Lipinski definition) is 1. The molecule has 7 heteroatoms. The molecule has 0 saturated carbocycles. The normalized spacial score (nSPS) is 28.5. The van der Waals surface area contributed by atoms with E-state index in [1.165, 1.54) is 0 Å². The van der Waals surface area contributed by atoms with Gasteiger partial charge in [0, 0.05) is 37.7 Å². The molecule has 5 nitrogen and oxygen atoms in total. The Kier molecular flexibility index (Phi) is 4.65. The summed E-state index contributed by atoms with van der Waals surface area (Å²) in [5.74, 6) is 0.983. The van der Waals surface area contributed by atoms with Gasteiger partial charge in [0.05, 0.1) is 10.6 Å². The van der Waals surface area contributed by atoms with Gasteiger partial charge in [0.25, 0.3) is 5.91 Å². The van der Waals surface area contributed by atoms with E-state index in [9.17, 15) is 9.59 Å². The van der Waals surface area contributed by atoms with Crippen LogP contribution in [0.4, 0.5) is 0 Å². The Labute approximate surface area is 157 Å². The molecule has 1 aromatic rings. The lowest BCUT2D eigenvalue weighted by Crippen LogP contribution is -2.47. The van der Waals surface area contributed by atoms with Gasteiger partial charge in [-0.1, -0.05) is 23.2 Å². The second-order valence-electron chi connectivity index (χ2n) is 7.20. The molecule has 4 rings (SSSR count). The van der Waals surface area contributed by atoms with Crippen LogP contribution in [0.2, 0.25) is 10.0 Å². The van der Waals surface area contributed by atoms with Crippen LogP contribution >= 0.6 is 23.2 Å². The molecule has 3 fully saturated rings. The standard InChI is InChI=1S/C18H21Cl2N3O2/c19-13-3-4-15(20)14(6-13)17(24)23-5-1-2-16(23)18(25)22-9-11-7-21-8-12(11)10-22/h3-4,6,11-12,16,21H,1-2,5,7-10H2/t11-,12+,16?. The van der Waals surface area contributed by atoms with Crippen LogP contribution in [0.3, 0.4) is 0 Å². The van der Waals surface area contributed by atoms with Gasteiger partial charge in [0.2, 0.25) is 5.91 Å². The van der Waals surface area contributed by atoms with Crippen molar-refractivity contribution in [3.8, 4) is 0 Å². The van der Waals surface area contributed by atoms with Gasteiger partial charge < -0.3 is 15.1 Å². The van der Waals surface area contributed by atoms with Gasteiger partial charge >= 0.3 is 0 Å². The summed E-state index contributed by atoms with van der Waals surface area (Å²) >= 11 is 12.2. The first kappa shape index (κ1) is 17.1. The molecule has 134 valence electrons. The summed E-state index contributed by atoms with van der Waals surface area (Å²) in [5.41, 5.74) is 0.372. The molecule has 3 aliphatic rings. The molecule has 2 amide bonds. The highest BCUT2D eigenvalue weighted by atomic mass is 35.5. The number of carbonyl (C=O) groups excluding carboxylic acids is 2. The van der Waals surface area contributed by atoms with E-state index in [0.717, 1.165) is 32.6 Å². The summed E-state index contributed by atoms with van der Waals surface area (Å²) in [4.78, 5) is 29.6. The fourth-order valence-electron chi connectivity index (χ4n) is 4.33. The zero-order chi connectivity index (χ0) is 17.6. The summed E-state index contributed by atoms with van der Waals surface area (Å²) in [5, 5.41) is 4.22. The molecule has 0 bridgehead atoms. The van der Waals surface area contributed by atoms with Crippen molar-refractivity contribution in [2.24, 2.45) is 11.8 Å². The largest absolute Gasteiger partial charge is 0.340 e. The van der Waals surface area contributed by atoms with Crippen LogP contribution in [-0.2, 0) is 4.79 Å². The Bertz CT molecular complexity index is 700. The SMILES string of the molecule is O=C(C1CCCN1C(=O)c1cc(Cl)ccc1Cl)N1C[C@H]2CNC[C@H]2C1. The topological polar surface area (TPSA) is 52.7 Å². The van der Waals surface area contributed by atoms with Crippen molar-refractivity contribution in [3.05, 3.63) is 33.8 Å². The highest BCUT2D eigenvalue weighted by molar-refractivity contribution is 6.35. The van der Waals surface area contributed by atoms with Crippen LogP contribution in [0.25, 0.3) is 0 Å². The predicted molar refractivity (Wildman–Crippen MR) is 97.0 cm³/mol. The fourth-order valence-corrected chi connectivity index (χ4v) is 4.70. The first-order chi connectivity index (χ1) is 12.0. The number of carbonyl (C=O) groups is 2. The molecule has 1 unspecified atom stereocenters. The van der Waals surface area contributed by atoms with Crippen LogP contribution in [-0.4, -0.2) is 60.4 Å². The number of nitrogens with zero attached hydrogens (tertiary/aromatic N) is 2. The maximum absolute atomic E-state index is 13.0. The summed E-state index contributed by atoms with van der Waals surface area (Å²) in [6, 6.07) is 4.48. The van der Waals surface area contributed by atoms with E-state index < -0.39 is 0 Å². The van der Waals surface area contributed by atoms with Crippen LogP contribution in [0.15, 0.2) is 18.2 Å². The second kappa shape index (κ2) is 6.78. The summed E-state index contributed by atoms with van der Waals surface area (Å²) in [7, 11) is 0. The highest BCUT2D eigenvalue weighted by Gasteiger charge is 2.43. The molecule has 25 heavy (non-hydrogen) atoms. The minimum Gasteiger partial charge on any atom is -0.340 e. The van der Waals surface area contributed by atoms with E-state index in [1.807, 2.05) is 4.90 Å². The third-order valence-corrected chi connectivity index (χ3v) is 6.22. The quantitative estimate of drug-likeness (QED) is 0.854. The average Bonchev–Trinajstić information content (AvgIpc) is 3.30. The molecule has 1 N–H and O–H groups in total. The van der Waals surface area contributed by atoms with E-state index in [1.54, 1.807) is 23.1 Å². The van der Waals surface area contributed by atoms with E-state index in [2.05, 4.69) is 5.32 Å². The lowest BCUT2D eigenvalue weighted by Gasteiger charge is -2.28. The van der Waals surface area contributed by atoms with Crippen LogP contribution in [0.1, 0.15) is 23.2 Å². The molecule has 3 atom stereocenters. The van der Waals surface area contributed by atoms with Gasteiger partial charge in [-0.3, -0.25) is 9.59 Å². The van der Waals surface area contributed by atoms with E-state index in [0.29, 0.717) is 40.4 Å². The monoisotopic (exact) mass is 381 g/mol. The molecule has 3 saturated heterocycles. The smallest absolute Gasteiger partial charge is 0.256 e. The van der Waals surface area contributed by atoms with Crippen molar-refractivity contribution in [1.82, 2.24) is 15.1 Å². The molecular weight excluding hydrogens is 361 g/mol. The predicted octanol–water partition coefficient (Wildman–Crippen LogP) is 2.28. The first-order valence-electron chi connectivity index (χ1n) is 8.80. The molecule has 3 heterocycles. The minimum absolute atomic E-state index is 0.0819. The summed E-state index contributed by atoms with van der Waals surface area (Å²) in [6.45, 7) is 4.15. The average molecular weight is 382 g/mol. The Morgan fingerprint density at radius 1 is 1.12 bits per heavy atom. The lowest BCUT2D eigenvalue weighted by atomic mass is 10.0. The molecule has 1 aromatic carbocycles. The van der Waals surface area contributed by atoms with Crippen molar-refractivity contribution in [3.63, 3.8) is 0 Å². The van der Waals surface area contributed by atoms with Crippen LogP contribution < -0.4 is 5.32 Å². The third-order valence-electron chi connectivity index (χ3n) is 5.66. The van der Waals surface area contributed by atoms with Gasteiger partial charge in [-0.25, -0.2) is 0 Å². The van der Waals surface area contributed by atoms with Crippen molar-refractivity contribution in [2.75, 3.05) is 32.7 Å². The summed E-state index contributed by atoms with van der Waals surface area (Å²) in [6.07, 6.45) is 1.55. The molecule has 3 aliphatic heterocycles. The van der Waals surface area contributed by atoms with Gasteiger partial charge in [-0.15, -0.1) is 0 Å². The van der Waals surface area contributed by atoms with Crippen molar-refractivity contribution in [1.29, 1.82) is 0 Å². The maximum Gasteiger partial charge on any atom is 0.256 e. The number of halogens is 2. The van der Waals surface area contributed by atoms with Gasteiger partial charge in [-0.05, 0) is 42.9 Å². The first-order valence-corrected chi connectivity index (χ1v) is 9.55. The van der Waals surface area contributed by atoms with Crippen molar-refractivity contribution >= 4 is 35.0 Å². The Morgan fingerprint density at radius 3 is 2.56 bits per heavy atom. The Morgan fingerprint density at radius 2 is 1.84 bits per heavy atom. The lowest BCUT2D eigenvalue weighted by molar-refractivity contribution is -0.134. The fraction of sp³-hybridized carbons (Fsp3) is 0.556. The number of fused-ring (bicyclic) bond motifs is 1. The second-order valence-corrected chi connectivity index (χ2v) is 8.05. The van der Waals surface area contributed by atoms with E-state index in [-0.39, 0.29) is 17.9 Å². The van der Waals surface area contributed by atoms with Gasteiger partial charge in [-0.2, -0.15) is 0 Å². The molecule has 0 radical (unpaired) electrons. The van der Waals surface area contributed by atoms with Crippen molar-refractivity contribution < 1.29 is 9.59 Å². The Hall–Kier alpha value is -1.30. The van der Waals surface area contributed by atoms with Crippen LogP contribution in [0, 0.1) is 11.8 Å². The van der Waals surface area contributed by atoms with E-state index in [4.69, 9.17) is 23.2 Å². The number of rotatable bonds is 2. The van der Waals surface area contributed by atoms with Crippen LogP contribution in [0.5, 0.6) is 0 Å². The van der Waals surface area contributed by atoms with Gasteiger partial charge in [0.1, 0.15) is 6.04 Å². The van der Waals surface area contributed by atoms with E-state index >= 15 is 0 Å². The maximum atomic E-state index is 13.0. The molecule has 0 aliphatic carbocycles. The third kappa shape index (κ3) is 3.14. The van der Waals surface area contributed by atoms with Gasteiger partial charge in [0.15, 0.2) is 0 Å². The zero-order valence-electron chi connectivity index (χ0n) is 13.9. The number of benzene rings is 1. The number of likely N-dealkylation sites (tertiary alicyclic amines) is 2. The Balaban J connectivity index is 1.51. The zero-order valence-corrected chi connectivity index (χ0v) is 15.4. The molecule has 0 aromatic heterocycles. The summed E-state index contributed by atoms with van der Waals surface area (Å²) < 4.78 is 0. The molecular formula is C18H21Cl2N3O2. The minimum atomic E-state index is -0.380. The number of amides is 2. The number of nitrogens with one attached hydrogen (secondary N) is 1. The highest BCUT2D eigenvalue weighted by Crippen LogP contribution is 2.31. The van der Waals surface area contributed by atoms with Crippen molar-refractivity contribution in [2.45, 2.75) is 18.9 Å². The molecule has 0 spiro atoms. The number of hydrogen-bond acceptors (Lipinski definition) is 3.